The van der Waals surface area contributed by atoms with E-state index in [2.05, 4.69) is 28.3 Å². The fraction of sp³-hybridized carbons (Fsp3) is 0.500. The fourth-order valence-electron chi connectivity index (χ4n) is 3.53. The van der Waals surface area contributed by atoms with Crippen LogP contribution in [0.4, 0.5) is 4.79 Å². The number of aryl methyl sites for hydroxylation is 1. The Morgan fingerprint density at radius 3 is 2.59 bits per heavy atom. The molecule has 27 heavy (non-hydrogen) atoms. The molecular formula is C20H29N5O2. The highest BCUT2D eigenvalue weighted by Gasteiger charge is 2.24. The molecule has 1 atom stereocenters. The van der Waals surface area contributed by atoms with E-state index < -0.39 is 0 Å². The molecule has 1 aromatic heterocycles. The SMILES string of the molecule is CC[C@H](NC(=O)N1CCN(Cc2ccccc2OC)CC1)c1ccnn1C. The molecule has 1 saturated heterocycles. The number of aromatic nitrogens is 2. The van der Waals surface area contributed by atoms with Crippen molar-refractivity contribution >= 4 is 6.03 Å². The molecule has 2 heterocycles. The van der Waals surface area contributed by atoms with Gasteiger partial charge in [0.2, 0.25) is 0 Å². The van der Waals surface area contributed by atoms with E-state index in [4.69, 9.17) is 4.74 Å². The summed E-state index contributed by atoms with van der Waals surface area (Å²) in [5, 5.41) is 7.35. The summed E-state index contributed by atoms with van der Waals surface area (Å²) in [7, 11) is 3.61. The Morgan fingerprint density at radius 2 is 1.96 bits per heavy atom. The average molecular weight is 371 g/mol. The highest BCUT2D eigenvalue weighted by Crippen LogP contribution is 2.20. The van der Waals surface area contributed by atoms with E-state index in [0.717, 1.165) is 50.6 Å². The zero-order chi connectivity index (χ0) is 19.2. The Bertz CT molecular complexity index is 752. The van der Waals surface area contributed by atoms with E-state index in [0.29, 0.717) is 0 Å². The van der Waals surface area contributed by atoms with Crippen LogP contribution in [0, 0.1) is 0 Å². The third-order valence-electron chi connectivity index (χ3n) is 5.17. The number of benzene rings is 1. The van der Waals surface area contributed by atoms with Crippen LogP contribution in [0.15, 0.2) is 36.5 Å². The molecule has 2 amide bonds. The number of nitrogens with zero attached hydrogens (tertiary/aromatic N) is 4. The third-order valence-corrected chi connectivity index (χ3v) is 5.17. The van der Waals surface area contributed by atoms with Gasteiger partial charge in [0.1, 0.15) is 5.75 Å². The maximum absolute atomic E-state index is 12.7. The second-order valence-corrected chi connectivity index (χ2v) is 6.87. The van der Waals surface area contributed by atoms with Gasteiger partial charge in [0.05, 0.1) is 18.8 Å². The number of methoxy groups -OCH3 is 1. The van der Waals surface area contributed by atoms with Crippen LogP contribution in [-0.4, -0.2) is 58.9 Å². The van der Waals surface area contributed by atoms with Crippen molar-refractivity contribution in [1.29, 1.82) is 0 Å². The lowest BCUT2D eigenvalue weighted by Crippen LogP contribution is -2.52. The minimum atomic E-state index is -0.0170. The summed E-state index contributed by atoms with van der Waals surface area (Å²) >= 11 is 0. The number of carbonyl (C=O) groups excluding carboxylic acids is 1. The molecule has 146 valence electrons. The van der Waals surface area contributed by atoms with E-state index in [1.54, 1.807) is 13.3 Å². The van der Waals surface area contributed by atoms with Gasteiger partial charge in [-0.25, -0.2) is 4.79 Å². The van der Waals surface area contributed by atoms with Crippen LogP contribution >= 0.6 is 0 Å². The predicted molar refractivity (Wildman–Crippen MR) is 105 cm³/mol. The third kappa shape index (κ3) is 4.60. The van der Waals surface area contributed by atoms with Crippen molar-refractivity contribution in [2.75, 3.05) is 33.3 Å². The molecule has 0 bridgehead atoms. The molecule has 7 heteroatoms. The summed E-state index contributed by atoms with van der Waals surface area (Å²) in [6.07, 6.45) is 2.60. The molecule has 0 saturated carbocycles. The summed E-state index contributed by atoms with van der Waals surface area (Å²) in [5.74, 6) is 0.916. The Hall–Kier alpha value is -2.54. The second kappa shape index (κ2) is 8.90. The Labute approximate surface area is 160 Å². The van der Waals surface area contributed by atoms with Crippen LogP contribution in [-0.2, 0) is 13.6 Å². The maximum atomic E-state index is 12.7. The molecule has 0 radical (unpaired) electrons. The van der Waals surface area contributed by atoms with Gasteiger partial charge in [-0.1, -0.05) is 25.1 Å². The smallest absolute Gasteiger partial charge is 0.318 e. The van der Waals surface area contributed by atoms with Crippen molar-refractivity contribution in [3.8, 4) is 5.75 Å². The summed E-state index contributed by atoms with van der Waals surface area (Å²) in [6.45, 7) is 6.07. The highest BCUT2D eigenvalue weighted by molar-refractivity contribution is 5.74. The number of carbonyl (C=O) groups is 1. The van der Waals surface area contributed by atoms with E-state index in [1.165, 1.54) is 5.56 Å². The summed E-state index contributed by atoms with van der Waals surface area (Å²) < 4.78 is 7.26. The van der Waals surface area contributed by atoms with Crippen LogP contribution in [0.1, 0.15) is 30.6 Å². The van der Waals surface area contributed by atoms with Crippen molar-refractivity contribution in [3.63, 3.8) is 0 Å². The number of hydrogen-bond donors (Lipinski definition) is 1. The minimum Gasteiger partial charge on any atom is -0.496 e. The van der Waals surface area contributed by atoms with Gasteiger partial charge in [0.15, 0.2) is 0 Å². The van der Waals surface area contributed by atoms with Crippen molar-refractivity contribution in [1.82, 2.24) is 24.9 Å². The summed E-state index contributed by atoms with van der Waals surface area (Å²) in [6, 6.07) is 10.0. The zero-order valence-electron chi connectivity index (χ0n) is 16.4. The first kappa shape index (κ1) is 19.2. The molecule has 3 rings (SSSR count). The van der Waals surface area contributed by atoms with Gasteiger partial charge in [0, 0.05) is 51.5 Å². The number of rotatable bonds is 6. The molecule has 0 unspecified atom stereocenters. The Morgan fingerprint density at radius 1 is 1.22 bits per heavy atom. The number of nitrogens with one attached hydrogen (secondary N) is 1. The van der Waals surface area contributed by atoms with Gasteiger partial charge in [-0.2, -0.15) is 5.10 Å². The number of hydrogen-bond acceptors (Lipinski definition) is 4. The second-order valence-electron chi connectivity index (χ2n) is 6.87. The van der Waals surface area contributed by atoms with Gasteiger partial charge < -0.3 is 15.0 Å². The summed E-state index contributed by atoms with van der Waals surface area (Å²) in [4.78, 5) is 16.9. The zero-order valence-corrected chi connectivity index (χ0v) is 16.4. The van der Waals surface area contributed by atoms with Crippen molar-refractivity contribution in [3.05, 3.63) is 47.8 Å². The first-order valence-electron chi connectivity index (χ1n) is 9.50. The van der Waals surface area contributed by atoms with Gasteiger partial charge in [-0.05, 0) is 18.6 Å². The maximum Gasteiger partial charge on any atom is 0.318 e. The van der Waals surface area contributed by atoms with Crippen LogP contribution in [0.5, 0.6) is 5.75 Å². The number of piperazine rings is 1. The predicted octanol–water partition coefficient (Wildman–Crippen LogP) is 2.41. The molecular weight excluding hydrogens is 342 g/mol. The Kier molecular flexibility index (Phi) is 6.34. The van der Waals surface area contributed by atoms with Crippen LogP contribution < -0.4 is 10.1 Å². The van der Waals surface area contributed by atoms with Crippen molar-refractivity contribution in [2.24, 2.45) is 7.05 Å². The highest BCUT2D eigenvalue weighted by atomic mass is 16.5. The molecule has 7 nitrogen and oxygen atoms in total. The number of para-hydroxylation sites is 1. The largest absolute Gasteiger partial charge is 0.496 e. The van der Waals surface area contributed by atoms with E-state index >= 15 is 0 Å². The monoisotopic (exact) mass is 371 g/mol. The van der Waals surface area contributed by atoms with E-state index in [-0.39, 0.29) is 12.1 Å². The molecule has 0 aliphatic carbocycles. The molecule has 1 fully saturated rings. The van der Waals surface area contributed by atoms with Crippen LogP contribution in [0.2, 0.25) is 0 Å². The quantitative estimate of drug-likeness (QED) is 0.847. The fourth-order valence-corrected chi connectivity index (χ4v) is 3.53. The molecule has 2 aromatic rings. The topological polar surface area (TPSA) is 62.6 Å². The first-order valence-corrected chi connectivity index (χ1v) is 9.50. The lowest BCUT2D eigenvalue weighted by molar-refractivity contribution is 0.132. The molecule has 1 aromatic carbocycles. The normalized spacial score (nSPS) is 16.2. The van der Waals surface area contributed by atoms with Crippen LogP contribution in [0.25, 0.3) is 0 Å². The molecule has 1 aliphatic rings. The van der Waals surface area contributed by atoms with Gasteiger partial charge in [-0.15, -0.1) is 0 Å². The molecule has 1 aliphatic heterocycles. The number of urea groups is 1. The van der Waals surface area contributed by atoms with E-state index in [9.17, 15) is 4.79 Å². The van der Waals surface area contributed by atoms with Crippen molar-refractivity contribution in [2.45, 2.75) is 25.9 Å². The lowest BCUT2D eigenvalue weighted by atomic mass is 10.1. The lowest BCUT2D eigenvalue weighted by Gasteiger charge is -2.35. The number of ether oxygens (including phenoxy) is 1. The molecule has 0 spiro atoms. The Balaban J connectivity index is 1.52. The van der Waals surface area contributed by atoms with Gasteiger partial charge in [-0.3, -0.25) is 9.58 Å². The average Bonchev–Trinajstić information content (AvgIpc) is 3.12. The number of amides is 2. The first-order chi connectivity index (χ1) is 13.1. The summed E-state index contributed by atoms with van der Waals surface area (Å²) in [5.41, 5.74) is 2.21. The molecule has 1 N–H and O–H groups in total. The van der Waals surface area contributed by atoms with Crippen molar-refractivity contribution < 1.29 is 9.53 Å². The van der Waals surface area contributed by atoms with Gasteiger partial charge in [0.25, 0.3) is 0 Å². The van der Waals surface area contributed by atoms with E-state index in [1.807, 2.05) is 40.9 Å². The minimum absolute atomic E-state index is 0.00000772. The van der Waals surface area contributed by atoms with Gasteiger partial charge >= 0.3 is 6.03 Å². The van der Waals surface area contributed by atoms with Crippen LogP contribution in [0.3, 0.4) is 0 Å². The standard InChI is InChI=1S/C20H29N5O2/c1-4-17(18-9-10-21-23(18)2)22-20(26)25-13-11-24(12-14-25)15-16-7-5-6-8-19(16)27-3/h5-10,17H,4,11-15H2,1-3H3,(H,22,26)/t17-/m0/s1.